The summed E-state index contributed by atoms with van der Waals surface area (Å²) in [6, 6.07) is 7.74. The van der Waals surface area contributed by atoms with Crippen molar-refractivity contribution in [2.24, 2.45) is 0 Å². The van der Waals surface area contributed by atoms with E-state index in [4.69, 9.17) is 11.6 Å². The van der Waals surface area contributed by atoms with Crippen LogP contribution in [-0.2, 0) is 5.75 Å². The van der Waals surface area contributed by atoms with Crippen molar-refractivity contribution >= 4 is 39.3 Å². The SMILES string of the molecule is Clc1ccc(CSc2ccc(Br)cn2)cn1. The van der Waals surface area contributed by atoms with E-state index in [0.717, 1.165) is 20.8 Å². The van der Waals surface area contributed by atoms with Gasteiger partial charge in [-0.05, 0) is 39.7 Å². The molecule has 16 heavy (non-hydrogen) atoms. The van der Waals surface area contributed by atoms with Crippen molar-refractivity contribution in [2.75, 3.05) is 0 Å². The lowest BCUT2D eigenvalue weighted by atomic mass is 10.3. The number of thioether (sulfide) groups is 1. The zero-order valence-electron chi connectivity index (χ0n) is 8.23. The maximum absolute atomic E-state index is 5.71. The first-order valence-corrected chi connectivity index (χ1v) is 6.74. The van der Waals surface area contributed by atoms with E-state index in [1.165, 1.54) is 0 Å². The van der Waals surface area contributed by atoms with Crippen molar-refractivity contribution in [1.29, 1.82) is 0 Å². The molecule has 0 aliphatic heterocycles. The Morgan fingerprint density at radius 1 is 1.12 bits per heavy atom. The van der Waals surface area contributed by atoms with Gasteiger partial charge in [-0.15, -0.1) is 11.8 Å². The largest absolute Gasteiger partial charge is 0.249 e. The predicted octanol–water partition coefficient (Wildman–Crippen LogP) is 4.18. The third-order valence-electron chi connectivity index (χ3n) is 1.88. The highest BCUT2D eigenvalue weighted by molar-refractivity contribution is 9.10. The predicted molar refractivity (Wildman–Crippen MR) is 70.7 cm³/mol. The van der Waals surface area contributed by atoms with Crippen LogP contribution >= 0.6 is 39.3 Å². The van der Waals surface area contributed by atoms with E-state index in [0.29, 0.717) is 5.15 Å². The summed E-state index contributed by atoms with van der Waals surface area (Å²) in [7, 11) is 0. The summed E-state index contributed by atoms with van der Waals surface area (Å²) in [5.74, 6) is 0.846. The van der Waals surface area contributed by atoms with Crippen LogP contribution in [0.25, 0.3) is 0 Å². The van der Waals surface area contributed by atoms with Crippen LogP contribution in [0.2, 0.25) is 5.15 Å². The maximum atomic E-state index is 5.71. The van der Waals surface area contributed by atoms with Crippen molar-refractivity contribution in [3.05, 3.63) is 51.8 Å². The zero-order valence-corrected chi connectivity index (χ0v) is 11.4. The third kappa shape index (κ3) is 3.47. The molecule has 0 aromatic carbocycles. The average Bonchev–Trinajstić information content (AvgIpc) is 2.30. The van der Waals surface area contributed by atoms with E-state index in [-0.39, 0.29) is 0 Å². The Bertz CT molecular complexity index is 413. The van der Waals surface area contributed by atoms with Crippen LogP contribution in [0, 0.1) is 0 Å². The van der Waals surface area contributed by atoms with Crippen LogP contribution in [0.4, 0.5) is 0 Å². The summed E-state index contributed by atoms with van der Waals surface area (Å²) in [5.41, 5.74) is 1.14. The lowest BCUT2D eigenvalue weighted by Gasteiger charge is -2.01. The van der Waals surface area contributed by atoms with Gasteiger partial charge < -0.3 is 0 Å². The van der Waals surface area contributed by atoms with E-state index < -0.39 is 0 Å². The minimum absolute atomic E-state index is 0.524. The minimum Gasteiger partial charge on any atom is -0.249 e. The molecular formula is C11H8BrClN2S. The first-order valence-electron chi connectivity index (χ1n) is 4.59. The second kappa shape index (κ2) is 5.66. The first-order chi connectivity index (χ1) is 7.74. The smallest absolute Gasteiger partial charge is 0.129 e. The molecule has 0 amide bonds. The lowest BCUT2D eigenvalue weighted by Crippen LogP contribution is -1.84. The zero-order chi connectivity index (χ0) is 11.4. The molecule has 0 aliphatic rings. The number of aromatic nitrogens is 2. The quantitative estimate of drug-likeness (QED) is 0.627. The summed E-state index contributed by atoms with van der Waals surface area (Å²) < 4.78 is 0.991. The Morgan fingerprint density at radius 3 is 2.62 bits per heavy atom. The number of hydrogen-bond acceptors (Lipinski definition) is 3. The molecule has 0 unspecified atom stereocenters. The summed E-state index contributed by atoms with van der Waals surface area (Å²) in [4.78, 5) is 8.31. The molecule has 0 spiro atoms. The Morgan fingerprint density at radius 2 is 2.00 bits per heavy atom. The van der Waals surface area contributed by atoms with Gasteiger partial charge in [-0.1, -0.05) is 17.7 Å². The van der Waals surface area contributed by atoms with Gasteiger partial charge in [0.05, 0.1) is 5.03 Å². The monoisotopic (exact) mass is 314 g/mol. The van der Waals surface area contributed by atoms with Crippen LogP contribution in [0.1, 0.15) is 5.56 Å². The molecule has 0 atom stereocenters. The highest BCUT2D eigenvalue weighted by atomic mass is 79.9. The van der Waals surface area contributed by atoms with Gasteiger partial charge in [0.2, 0.25) is 0 Å². The fraction of sp³-hybridized carbons (Fsp3) is 0.0909. The van der Waals surface area contributed by atoms with Crippen LogP contribution in [-0.4, -0.2) is 9.97 Å². The van der Waals surface area contributed by atoms with Gasteiger partial charge in [0.15, 0.2) is 0 Å². The van der Waals surface area contributed by atoms with Gasteiger partial charge in [-0.2, -0.15) is 0 Å². The van der Waals surface area contributed by atoms with Gasteiger partial charge in [0.25, 0.3) is 0 Å². The highest BCUT2D eigenvalue weighted by Gasteiger charge is 1.98. The van der Waals surface area contributed by atoms with Crippen LogP contribution in [0.3, 0.4) is 0 Å². The maximum Gasteiger partial charge on any atom is 0.129 e. The molecule has 2 rings (SSSR count). The number of pyridine rings is 2. The second-order valence-electron chi connectivity index (χ2n) is 3.09. The summed E-state index contributed by atoms with van der Waals surface area (Å²) in [5, 5.41) is 1.52. The lowest BCUT2D eigenvalue weighted by molar-refractivity contribution is 1.12. The van der Waals surface area contributed by atoms with E-state index in [2.05, 4.69) is 25.9 Å². The summed E-state index contributed by atoms with van der Waals surface area (Å²) in [6.07, 6.45) is 3.58. The number of nitrogens with zero attached hydrogens (tertiary/aromatic N) is 2. The van der Waals surface area contributed by atoms with Gasteiger partial charge in [0, 0.05) is 22.6 Å². The Kier molecular flexibility index (Phi) is 4.21. The highest BCUT2D eigenvalue weighted by Crippen LogP contribution is 2.21. The molecule has 2 aromatic rings. The van der Waals surface area contributed by atoms with Crippen LogP contribution < -0.4 is 0 Å². The van der Waals surface area contributed by atoms with E-state index in [1.54, 1.807) is 30.2 Å². The average molecular weight is 316 g/mol. The van der Waals surface area contributed by atoms with E-state index in [1.807, 2.05) is 18.2 Å². The topological polar surface area (TPSA) is 25.8 Å². The van der Waals surface area contributed by atoms with Crippen LogP contribution in [0.5, 0.6) is 0 Å². The molecule has 0 fully saturated rings. The first kappa shape index (κ1) is 11.9. The van der Waals surface area contributed by atoms with Crippen molar-refractivity contribution in [2.45, 2.75) is 10.8 Å². The molecule has 0 radical (unpaired) electrons. The molecule has 0 saturated heterocycles. The Labute approximate surface area is 112 Å². The molecule has 5 heteroatoms. The molecule has 2 aromatic heterocycles. The summed E-state index contributed by atoms with van der Waals surface area (Å²) >= 11 is 10.7. The molecule has 0 bridgehead atoms. The Balaban J connectivity index is 1.97. The normalized spacial score (nSPS) is 10.4. The number of rotatable bonds is 3. The van der Waals surface area contributed by atoms with Crippen LogP contribution in [0.15, 0.2) is 46.2 Å². The van der Waals surface area contributed by atoms with Crippen molar-refractivity contribution in [1.82, 2.24) is 9.97 Å². The van der Waals surface area contributed by atoms with Gasteiger partial charge in [-0.25, -0.2) is 9.97 Å². The van der Waals surface area contributed by atoms with E-state index >= 15 is 0 Å². The fourth-order valence-electron chi connectivity index (χ4n) is 1.10. The van der Waals surface area contributed by atoms with Crippen molar-refractivity contribution in [3.63, 3.8) is 0 Å². The van der Waals surface area contributed by atoms with Crippen molar-refractivity contribution in [3.8, 4) is 0 Å². The molecule has 2 heterocycles. The molecule has 0 N–H and O–H groups in total. The molecule has 0 saturated carbocycles. The van der Waals surface area contributed by atoms with Gasteiger partial charge in [-0.3, -0.25) is 0 Å². The third-order valence-corrected chi connectivity index (χ3v) is 3.58. The van der Waals surface area contributed by atoms with Gasteiger partial charge in [0.1, 0.15) is 5.15 Å². The molecule has 82 valence electrons. The minimum atomic E-state index is 0.524. The summed E-state index contributed by atoms with van der Waals surface area (Å²) in [6.45, 7) is 0. The second-order valence-corrected chi connectivity index (χ2v) is 5.39. The van der Waals surface area contributed by atoms with E-state index in [9.17, 15) is 0 Å². The molecular weight excluding hydrogens is 308 g/mol. The Hall–Kier alpha value is -0.580. The van der Waals surface area contributed by atoms with Crippen molar-refractivity contribution < 1.29 is 0 Å². The number of halogens is 2. The standard InChI is InChI=1S/C11H8BrClN2S/c12-9-2-4-11(15-6-9)16-7-8-1-3-10(13)14-5-8/h1-6H,7H2. The fourth-order valence-corrected chi connectivity index (χ4v) is 2.22. The van der Waals surface area contributed by atoms with Gasteiger partial charge >= 0.3 is 0 Å². The molecule has 0 aliphatic carbocycles. The number of hydrogen-bond donors (Lipinski definition) is 0. The molecule has 2 nitrogen and oxygen atoms in total.